The highest BCUT2D eigenvalue weighted by molar-refractivity contribution is 7.07. The summed E-state index contributed by atoms with van der Waals surface area (Å²) in [5.74, 6) is -0.0911. The predicted molar refractivity (Wildman–Crippen MR) is 140 cm³/mol. The van der Waals surface area contributed by atoms with E-state index < -0.39 is 18.0 Å². The van der Waals surface area contributed by atoms with Gasteiger partial charge in [0.05, 0.1) is 28.5 Å². The molecule has 1 aliphatic heterocycles. The largest absolute Gasteiger partial charge is 0.491 e. The van der Waals surface area contributed by atoms with Crippen LogP contribution in [0.2, 0.25) is 0 Å². The Morgan fingerprint density at radius 3 is 2.46 bits per heavy atom. The average Bonchev–Trinajstić information content (AvgIpc) is 3.13. The monoisotopic (exact) mass is 520 g/mol. The summed E-state index contributed by atoms with van der Waals surface area (Å²) in [5, 5.41) is 0. The number of allylic oxidation sites excluding steroid dienone is 1. The molecular weight excluding hydrogens is 492 g/mol. The van der Waals surface area contributed by atoms with Crippen molar-refractivity contribution in [1.82, 2.24) is 4.57 Å². The van der Waals surface area contributed by atoms with Gasteiger partial charge in [-0.15, -0.1) is 0 Å². The van der Waals surface area contributed by atoms with Gasteiger partial charge in [-0.3, -0.25) is 14.2 Å². The van der Waals surface area contributed by atoms with Gasteiger partial charge in [-0.2, -0.15) is 0 Å². The van der Waals surface area contributed by atoms with E-state index in [0.717, 1.165) is 0 Å². The van der Waals surface area contributed by atoms with Gasteiger partial charge in [0.1, 0.15) is 17.5 Å². The Bertz CT molecular complexity index is 1560. The molecule has 1 aliphatic rings. The third-order valence-corrected chi connectivity index (χ3v) is 6.54. The average molecular weight is 521 g/mol. The van der Waals surface area contributed by atoms with Gasteiger partial charge in [-0.05, 0) is 45.9 Å². The summed E-state index contributed by atoms with van der Waals surface area (Å²) >= 11 is 1.19. The first-order valence-electron chi connectivity index (χ1n) is 11.9. The highest BCUT2D eigenvalue weighted by Crippen LogP contribution is 2.36. The minimum atomic E-state index is -0.795. The topological polar surface area (TPSA) is 96.2 Å². The summed E-state index contributed by atoms with van der Waals surface area (Å²) in [6, 6.07) is 13.5. The van der Waals surface area contributed by atoms with Crippen molar-refractivity contribution >= 4 is 29.4 Å². The summed E-state index contributed by atoms with van der Waals surface area (Å²) in [7, 11) is 0. The lowest BCUT2D eigenvalue weighted by molar-refractivity contribution is -0.139. The second-order valence-corrected chi connectivity index (χ2v) is 9.65. The van der Waals surface area contributed by atoms with Crippen LogP contribution in [0.5, 0.6) is 11.5 Å². The Balaban J connectivity index is 1.98. The fourth-order valence-corrected chi connectivity index (χ4v) is 5.18. The Hall–Kier alpha value is -3.98. The van der Waals surface area contributed by atoms with Crippen molar-refractivity contribution < 1.29 is 23.8 Å². The fraction of sp³-hybridized carbons (Fsp3) is 0.286. The first-order chi connectivity index (χ1) is 17.7. The third kappa shape index (κ3) is 5.41. The standard InChI is InChI=1S/C28H28N2O6S/c1-6-34-27(33)24-17(4)29-28-30(25(24)20-12-8-10-14-22(20)35-16(2)3)26(32)23(37-28)15-19-11-7-9-13-21(19)36-18(5)31/h7-16,25H,6H2,1-5H3/b23-15-/t25-/m1/s1. The van der Waals surface area contributed by atoms with Gasteiger partial charge in [0.25, 0.3) is 5.56 Å². The fourth-order valence-electron chi connectivity index (χ4n) is 4.14. The molecular formula is C28H28N2O6S. The molecule has 0 bridgehead atoms. The molecule has 0 aliphatic carbocycles. The molecule has 1 aromatic heterocycles. The first-order valence-corrected chi connectivity index (χ1v) is 12.8. The Labute approximate surface area is 218 Å². The SMILES string of the molecule is CCOC(=O)C1=C(C)N=c2s/c(=C\c3ccccc3OC(C)=O)c(=O)n2[C@@H]1c1ccccc1OC(C)C. The van der Waals surface area contributed by atoms with E-state index in [-0.39, 0.29) is 23.8 Å². The predicted octanol–water partition coefficient (Wildman–Crippen LogP) is 3.51. The van der Waals surface area contributed by atoms with E-state index in [1.54, 1.807) is 44.2 Å². The number of para-hydroxylation sites is 2. The maximum Gasteiger partial charge on any atom is 0.338 e. The van der Waals surface area contributed by atoms with Crippen molar-refractivity contribution in [1.29, 1.82) is 0 Å². The van der Waals surface area contributed by atoms with Crippen LogP contribution in [-0.2, 0) is 14.3 Å². The summed E-state index contributed by atoms with van der Waals surface area (Å²) in [6.45, 7) is 8.80. The molecule has 1 atom stereocenters. The third-order valence-electron chi connectivity index (χ3n) is 5.55. The number of hydrogen-bond acceptors (Lipinski definition) is 8. The number of rotatable bonds is 7. The van der Waals surface area contributed by atoms with Crippen LogP contribution >= 0.6 is 11.3 Å². The van der Waals surface area contributed by atoms with Crippen molar-refractivity contribution in [3.8, 4) is 11.5 Å². The quantitative estimate of drug-likeness (QED) is 0.350. The molecule has 0 saturated carbocycles. The van der Waals surface area contributed by atoms with E-state index in [9.17, 15) is 14.4 Å². The number of benzene rings is 2. The maximum absolute atomic E-state index is 13.9. The van der Waals surface area contributed by atoms with Crippen LogP contribution in [-0.4, -0.2) is 29.2 Å². The van der Waals surface area contributed by atoms with E-state index >= 15 is 0 Å². The van der Waals surface area contributed by atoms with Gasteiger partial charge in [0.2, 0.25) is 0 Å². The van der Waals surface area contributed by atoms with Crippen LogP contribution in [0.25, 0.3) is 6.08 Å². The lowest BCUT2D eigenvalue weighted by atomic mass is 9.95. The smallest absolute Gasteiger partial charge is 0.338 e. The van der Waals surface area contributed by atoms with Crippen molar-refractivity contribution in [2.45, 2.75) is 46.8 Å². The van der Waals surface area contributed by atoms with Crippen molar-refractivity contribution in [3.05, 3.63) is 90.6 Å². The zero-order valence-corrected chi connectivity index (χ0v) is 22.1. The number of carbonyl (C=O) groups is 2. The van der Waals surface area contributed by atoms with Crippen molar-refractivity contribution in [3.63, 3.8) is 0 Å². The Morgan fingerprint density at radius 1 is 1.11 bits per heavy atom. The number of fused-ring (bicyclic) bond motifs is 1. The van der Waals surface area contributed by atoms with E-state index in [2.05, 4.69) is 4.99 Å². The molecule has 0 spiro atoms. The van der Waals surface area contributed by atoms with Crippen LogP contribution in [0.1, 0.15) is 51.8 Å². The molecule has 9 heteroatoms. The molecule has 0 fully saturated rings. The lowest BCUT2D eigenvalue weighted by Crippen LogP contribution is -2.40. The number of ether oxygens (including phenoxy) is 3. The second kappa shape index (κ2) is 11.0. The van der Waals surface area contributed by atoms with Gasteiger partial charge >= 0.3 is 11.9 Å². The summed E-state index contributed by atoms with van der Waals surface area (Å²) in [4.78, 5) is 43.6. The molecule has 192 valence electrons. The molecule has 37 heavy (non-hydrogen) atoms. The molecule has 0 amide bonds. The minimum absolute atomic E-state index is 0.120. The van der Waals surface area contributed by atoms with Crippen molar-refractivity contribution in [2.75, 3.05) is 6.61 Å². The summed E-state index contributed by atoms with van der Waals surface area (Å²) in [6.07, 6.45) is 1.55. The van der Waals surface area contributed by atoms with Crippen molar-refractivity contribution in [2.24, 2.45) is 4.99 Å². The van der Waals surface area contributed by atoms with E-state index in [1.165, 1.54) is 22.8 Å². The summed E-state index contributed by atoms with van der Waals surface area (Å²) in [5.41, 5.74) is 1.64. The van der Waals surface area contributed by atoms with Gasteiger partial charge in [0, 0.05) is 18.1 Å². The van der Waals surface area contributed by atoms with E-state index in [4.69, 9.17) is 14.2 Å². The molecule has 0 radical (unpaired) electrons. The molecule has 4 rings (SSSR count). The van der Waals surface area contributed by atoms with E-state index in [0.29, 0.717) is 37.7 Å². The second-order valence-electron chi connectivity index (χ2n) is 8.64. The maximum atomic E-state index is 13.9. The number of thiazole rings is 1. The Kier molecular flexibility index (Phi) is 7.73. The zero-order chi connectivity index (χ0) is 26.7. The molecule has 0 saturated heterocycles. The number of aromatic nitrogens is 1. The molecule has 0 unspecified atom stereocenters. The highest BCUT2D eigenvalue weighted by Gasteiger charge is 2.35. The number of nitrogens with zero attached hydrogens (tertiary/aromatic N) is 2. The van der Waals surface area contributed by atoms with Gasteiger partial charge in [-0.25, -0.2) is 9.79 Å². The number of carbonyl (C=O) groups excluding carboxylic acids is 2. The lowest BCUT2D eigenvalue weighted by Gasteiger charge is -2.26. The van der Waals surface area contributed by atoms with Crippen LogP contribution in [0.3, 0.4) is 0 Å². The molecule has 2 aromatic carbocycles. The first kappa shape index (κ1) is 26.1. The minimum Gasteiger partial charge on any atom is -0.491 e. The van der Waals surface area contributed by atoms with Crippen LogP contribution in [0.15, 0.2) is 69.6 Å². The molecule has 2 heterocycles. The molecule has 0 N–H and O–H groups in total. The normalized spacial score (nSPS) is 15.3. The van der Waals surface area contributed by atoms with Gasteiger partial charge in [-0.1, -0.05) is 47.7 Å². The number of esters is 2. The number of hydrogen-bond donors (Lipinski definition) is 0. The molecule has 8 nitrogen and oxygen atoms in total. The van der Waals surface area contributed by atoms with Crippen LogP contribution in [0, 0.1) is 0 Å². The van der Waals surface area contributed by atoms with E-state index in [1.807, 2.05) is 38.1 Å². The van der Waals surface area contributed by atoms with Crippen LogP contribution in [0.4, 0.5) is 0 Å². The zero-order valence-electron chi connectivity index (χ0n) is 21.3. The highest BCUT2D eigenvalue weighted by atomic mass is 32.1. The molecule has 3 aromatic rings. The van der Waals surface area contributed by atoms with Gasteiger partial charge in [0.15, 0.2) is 4.80 Å². The summed E-state index contributed by atoms with van der Waals surface area (Å²) < 4.78 is 18.6. The Morgan fingerprint density at radius 2 is 1.78 bits per heavy atom. The van der Waals surface area contributed by atoms with Crippen LogP contribution < -0.4 is 24.4 Å². The van der Waals surface area contributed by atoms with Gasteiger partial charge < -0.3 is 14.2 Å².